The summed E-state index contributed by atoms with van der Waals surface area (Å²) >= 11 is 0. The predicted octanol–water partition coefficient (Wildman–Crippen LogP) is 2.68. The summed E-state index contributed by atoms with van der Waals surface area (Å²) in [5.41, 5.74) is 1.35. The van der Waals surface area contributed by atoms with Crippen molar-refractivity contribution in [3.05, 3.63) is 41.9 Å². The number of aromatic amines is 1. The molecule has 1 aromatic carbocycles. The summed E-state index contributed by atoms with van der Waals surface area (Å²) in [7, 11) is 0. The lowest BCUT2D eigenvalue weighted by atomic mass is 10.1. The minimum absolute atomic E-state index is 0.153. The van der Waals surface area contributed by atoms with Gasteiger partial charge < -0.3 is 9.40 Å². The number of hydrogen-bond donors (Lipinski definition) is 2. The third kappa shape index (κ3) is 1.85. The summed E-state index contributed by atoms with van der Waals surface area (Å²) < 4.78 is 5.43. The third-order valence-electron chi connectivity index (χ3n) is 3.42. The lowest BCUT2D eigenvalue weighted by molar-refractivity contribution is 0.102. The molecule has 1 amide bonds. The molecule has 1 aliphatic rings. The van der Waals surface area contributed by atoms with Gasteiger partial charge >= 0.3 is 6.01 Å². The third-order valence-corrected chi connectivity index (χ3v) is 3.42. The van der Waals surface area contributed by atoms with Crippen LogP contribution in [0.4, 0.5) is 6.01 Å². The second kappa shape index (κ2) is 4.19. The van der Waals surface area contributed by atoms with Gasteiger partial charge in [-0.25, -0.2) is 0 Å². The SMILES string of the molecule is O=C(Nc1nnc(C2CC2)o1)c1cccc2cc[nH]c12. The molecule has 0 saturated heterocycles. The molecule has 1 saturated carbocycles. The molecule has 3 aromatic rings. The number of carbonyl (C=O) groups is 1. The van der Waals surface area contributed by atoms with Crippen molar-refractivity contribution in [3.63, 3.8) is 0 Å². The number of fused-ring (bicyclic) bond motifs is 1. The first-order valence-corrected chi connectivity index (χ1v) is 6.52. The van der Waals surface area contributed by atoms with Crippen molar-refractivity contribution in [2.24, 2.45) is 0 Å². The van der Waals surface area contributed by atoms with Crippen molar-refractivity contribution in [1.82, 2.24) is 15.2 Å². The van der Waals surface area contributed by atoms with E-state index in [0.717, 1.165) is 23.7 Å². The molecule has 0 unspecified atom stereocenters. The number of nitrogens with zero attached hydrogens (tertiary/aromatic N) is 2. The highest BCUT2D eigenvalue weighted by Crippen LogP contribution is 2.39. The Labute approximate surface area is 114 Å². The zero-order valence-electron chi connectivity index (χ0n) is 10.6. The number of nitrogens with one attached hydrogen (secondary N) is 2. The number of anilines is 1. The molecule has 0 atom stereocenters. The Balaban J connectivity index is 1.61. The first-order chi connectivity index (χ1) is 9.81. The molecule has 4 rings (SSSR count). The molecular formula is C14H12N4O2. The number of carbonyl (C=O) groups excluding carboxylic acids is 1. The smallest absolute Gasteiger partial charge is 0.322 e. The summed E-state index contributed by atoms with van der Waals surface area (Å²) in [6.07, 6.45) is 3.97. The van der Waals surface area contributed by atoms with Crippen molar-refractivity contribution in [1.29, 1.82) is 0 Å². The highest BCUT2D eigenvalue weighted by molar-refractivity contribution is 6.11. The highest BCUT2D eigenvalue weighted by Gasteiger charge is 2.29. The van der Waals surface area contributed by atoms with E-state index in [4.69, 9.17) is 4.42 Å². The number of aromatic nitrogens is 3. The lowest BCUT2D eigenvalue weighted by Crippen LogP contribution is -2.12. The zero-order chi connectivity index (χ0) is 13.5. The van der Waals surface area contributed by atoms with Crippen LogP contribution in [-0.2, 0) is 0 Å². The molecule has 0 radical (unpaired) electrons. The van der Waals surface area contributed by atoms with Crippen molar-refractivity contribution in [2.45, 2.75) is 18.8 Å². The van der Waals surface area contributed by atoms with Crippen molar-refractivity contribution in [2.75, 3.05) is 5.32 Å². The van der Waals surface area contributed by atoms with Gasteiger partial charge in [-0.3, -0.25) is 10.1 Å². The van der Waals surface area contributed by atoms with Gasteiger partial charge in [0, 0.05) is 17.5 Å². The molecule has 6 heteroatoms. The minimum atomic E-state index is -0.260. The number of benzene rings is 1. The van der Waals surface area contributed by atoms with Crippen LogP contribution in [0.3, 0.4) is 0 Å². The maximum atomic E-state index is 12.3. The van der Waals surface area contributed by atoms with Crippen molar-refractivity contribution in [3.8, 4) is 0 Å². The van der Waals surface area contributed by atoms with Gasteiger partial charge in [-0.1, -0.05) is 17.2 Å². The molecule has 0 bridgehead atoms. The molecule has 2 heterocycles. The fourth-order valence-electron chi connectivity index (χ4n) is 2.22. The van der Waals surface area contributed by atoms with Crippen molar-refractivity contribution >= 4 is 22.8 Å². The molecule has 100 valence electrons. The quantitative estimate of drug-likeness (QED) is 0.764. The predicted molar refractivity (Wildman–Crippen MR) is 72.5 cm³/mol. The Kier molecular flexibility index (Phi) is 2.35. The van der Waals surface area contributed by atoms with Gasteiger partial charge in [0.2, 0.25) is 5.89 Å². The summed E-state index contributed by atoms with van der Waals surface area (Å²) in [6, 6.07) is 7.62. The average molecular weight is 268 g/mol. The van der Waals surface area contributed by atoms with Crippen LogP contribution < -0.4 is 5.32 Å². The Bertz CT molecular complexity index is 785. The maximum Gasteiger partial charge on any atom is 0.322 e. The van der Waals surface area contributed by atoms with Crippen LogP contribution in [0.2, 0.25) is 0 Å². The fourth-order valence-corrected chi connectivity index (χ4v) is 2.22. The van der Waals surface area contributed by atoms with E-state index in [2.05, 4.69) is 20.5 Å². The van der Waals surface area contributed by atoms with E-state index >= 15 is 0 Å². The van der Waals surface area contributed by atoms with Crippen LogP contribution in [0.15, 0.2) is 34.9 Å². The van der Waals surface area contributed by atoms with Crippen LogP contribution in [-0.4, -0.2) is 21.1 Å². The molecule has 20 heavy (non-hydrogen) atoms. The molecule has 2 aromatic heterocycles. The van der Waals surface area contributed by atoms with Gasteiger partial charge in [0.1, 0.15) is 0 Å². The normalized spacial score (nSPS) is 14.6. The first kappa shape index (κ1) is 11.2. The van der Waals surface area contributed by atoms with E-state index in [1.54, 1.807) is 12.3 Å². The van der Waals surface area contributed by atoms with Crippen LogP contribution in [0, 0.1) is 0 Å². The molecule has 0 aliphatic heterocycles. The molecule has 0 spiro atoms. The summed E-state index contributed by atoms with van der Waals surface area (Å²) in [6.45, 7) is 0. The summed E-state index contributed by atoms with van der Waals surface area (Å²) in [5.74, 6) is 0.724. The number of H-pyrrole nitrogens is 1. The Morgan fingerprint density at radius 2 is 2.20 bits per heavy atom. The van der Waals surface area contributed by atoms with Crippen LogP contribution >= 0.6 is 0 Å². The Hall–Kier alpha value is -2.63. The van der Waals surface area contributed by atoms with E-state index in [-0.39, 0.29) is 11.9 Å². The van der Waals surface area contributed by atoms with E-state index in [9.17, 15) is 4.79 Å². The number of amides is 1. The minimum Gasteiger partial charge on any atom is -0.408 e. The number of rotatable bonds is 3. The van der Waals surface area contributed by atoms with Crippen LogP contribution in [0.25, 0.3) is 10.9 Å². The van der Waals surface area contributed by atoms with Gasteiger partial charge in [0.25, 0.3) is 5.91 Å². The standard InChI is InChI=1S/C14H12N4O2/c19-12(10-3-1-2-8-6-7-15-11(8)10)16-14-18-17-13(20-14)9-4-5-9/h1-3,6-7,9,15H,4-5H2,(H,16,18,19). The first-order valence-electron chi connectivity index (χ1n) is 6.52. The summed E-state index contributed by atoms with van der Waals surface area (Å²) in [4.78, 5) is 15.3. The van der Waals surface area contributed by atoms with Crippen LogP contribution in [0.5, 0.6) is 0 Å². The number of hydrogen-bond acceptors (Lipinski definition) is 4. The summed E-state index contributed by atoms with van der Waals surface area (Å²) in [5, 5.41) is 11.4. The van der Waals surface area contributed by atoms with Gasteiger partial charge in [0.15, 0.2) is 0 Å². The van der Waals surface area contributed by atoms with E-state index in [0.29, 0.717) is 17.4 Å². The average Bonchev–Trinajstić information content (AvgIpc) is 3.00. The maximum absolute atomic E-state index is 12.3. The van der Waals surface area contributed by atoms with E-state index in [1.165, 1.54) is 0 Å². The fraction of sp³-hybridized carbons (Fsp3) is 0.214. The lowest BCUT2D eigenvalue weighted by Gasteiger charge is -2.02. The number of para-hydroxylation sites is 1. The molecular weight excluding hydrogens is 256 g/mol. The van der Waals surface area contributed by atoms with E-state index in [1.807, 2.05) is 18.2 Å². The molecule has 6 nitrogen and oxygen atoms in total. The van der Waals surface area contributed by atoms with Crippen molar-refractivity contribution < 1.29 is 9.21 Å². The monoisotopic (exact) mass is 268 g/mol. The van der Waals surface area contributed by atoms with Crippen LogP contribution in [0.1, 0.15) is 35.0 Å². The van der Waals surface area contributed by atoms with E-state index < -0.39 is 0 Å². The Morgan fingerprint density at radius 1 is 1.30 bits per heavy atom. The molecule has 1 fully saturated rings. The topological polar surface area (TPSA) is 83.8 Å². The zero-order valence-corrected chi connectivity index (χ0v) is 10.6. The second-order valence-corrected chi connectivity index (χ2v) is 4.92. The largest absolute Gasteiger partial charge is 0.408 e. The van der Waals surface area contributed by atoms with Gasteiger partial charge in [-0.05, 0) is 25.0 Å². The molecule has 2 N–H and O–H groups in total. The second-order valence-electron chi connectivity index (χ2n) is 4.92. The molecule has 1 aliphatic carbocycles. The van der Waals surface area contributed by atoms with Gasteiger partial charge in [0.05, 0.1) is 11.1 Å². The highest BCUT2D eigenvalue weighted by atomic mass is 16.4. The van der Waals surface area contributed by atoms with Gasteiger partial charge in [-0.2, -0.15) is 0 Å². The Morgan fingerprint density at radius 3 is 3.05 bits per heavy atom. The van der Waals surface area contributed by atoms with Gasteiger partial charge in [-0.15, -0.1) is 5.10 Å².